The summed E-state index contributed by atoms with van der Waals surface area (Å²) in [5.74, 6) is 0.607. The third-order valence-electron chi connectivity index (χ3n) is 2.91. The van der Waals surface area contributed by atoms with Crippen molar-refractivity contribution in [3.63, 3.8) is 0 Å². The second kappa shape index (κ2) is 6.89. The molecule has 5 nitrogen and oxygen atoms in total. The standard InChI is InChI=1S/C14H12BrClN2O3/c15-12-6-10(18(19)20)5-4-9(12)8-21-14-3-1-2-13(16)11(14)7-17/h1-6H,7-8,17H2. The number of hydrogen-bond donors (Lipinski definition) is 1. The van der Waals surface area contributed by atoms with Crippen molar-refractivity contribution in [2.24, 2.45) is 5.73 Å². The molecule has 0 aliphatic heterocycles. The molecular weight excluding hydrogens is 360 g/mol. The van der Waals surface area contributed by atoms with Gasteiger partial charge in [0.05, 0.1) is 4.92 Å². The van der Waals surface area contributed by atoms with E-state index in [9.17, 15) is 10.1 Å². The summed E-state index contributed by atoms with van der Waals surface area (Å²) in [6, 6.07) is 9.84. The number of nitro groups is 1. The van der Waals surface area contributed by atoms with E-state index in [1.807, 2.05) is 0 Å². The maximum Gasteiger partial charge on any atom is 0.270 e. The van der Waals surface area contributed by atoms with Gasteiger partial charge in [0.1, 0.15) is 12.4 Å². The molecule has 0 fully saturated rings. The van der Waals surface area contributed by atoms with Crippen LogP contribution < -0.4 is 10.5 Å². The highest BCUT2D eigenvalue weighted by atomic mass is 79.9. The molecule has 110 valence electrons. The molecule has 0 saturated heterocycles. The van der Waals surface area contributed by atoms with E-state index in [0.717, 1.165) is 11.1 Å². The van der Waals surface area contributed by atoms with Crippen LogP contribution in [0.4, 0.5) is 5.69 Å². The van der Waals surface area contributed by atoms with Crippen molar-refractivity contribution in [3.8, 4) is 5.75 Å². The van der Waals surface area contributed by atoms with Crippen molar-refractivity contribution in [3.05, 3.63) is 67.1 Å². The monoisotopic (exact) mass is 370 g/mol. The third-order valence-corrected chi connectivity index (χ3v) is 4.00. The molecule has 0 aliphatic rings. The Labute approximate surface area is 134 Å². The number of ether oxygens (including phenoxy) is 1. The molecule has 0 bridgehead atoms. The van der Waals surface area contributed by atoms with Gasteiger partial charge in [-0.1, -0.05) is 33.6 Å². The summed E-state index contributed by atoms with van der Waals surface area (Å²) in [5, 5.41) is 11.2. The van der Waals surface area contributed by atoms with Crippen LogP contribution in [-0.4, -0.2) is 4.92 Å². The lowest BCUT2D eigenvalue weighted by Crippen LogP contribution is -2.04. The van der Waals surface area contributed by atoms with E-state index in [-0.39, 0.29) is 18.8 Å². The van der Waals surface area contributed by atoms with Gasteiger partial charge in [-0.2, -0.15) is 0 Å². The highest BCUT2D eigenvalue weighted by Gasteiger charge is 2.11. The first-order chi connectivity index (χ1) is 10.0. The van der Waals surface area contributed by atoms with Crippen molar-refractivity contribution in [1.29, 1.82) is 0 Å². The van der Waals surface area contributed by atoms with E-state index in [0.29, 0.717) is 15.2 Å². The number of rotatable bonds is 5. The van der Waals surface area contributed by atoms with E-state index in [1.54, 1.807) is 24.3 Å². The second-order valence-electron chi connectivity index (χ2n) is 4.24. The Hall–Kier alpha value is -1.63. The minimum Gasteiger partial charge on any atom is -0.488 e. The molecule has 21 heavy (non-hydrogen) atoms. The Morgan fingerprint density at radius 2 is 2.10 bits per heavy atom. The molecule has 0 spiro atoms. The van der Waals surface area contributed by atoms with E-state index < -0.39 is 4.92 Å². The molecule has 0 amide bonds. The highest BCUT2D eigenvalue weighted by molar-refractivity contribution is 9.10. The second-order valence-corrected chi connectivity index (χ2v) is 5.50. The summed E-state index contributed by atoms with van der Waals surface area (Å²) in [6.07, 6.45) is 0. The Kier molecular flexibility index (Phi) is 5.17. The molecule has 0 aromatic heterocycles. The summed E-state index contributed by atoms with van der Waals surface area (Å²) >= 11 is 9.36. The van der Waals surface area contributed by atoms with Crippen LogP contribution in [0.25, 0.3) is 0 Å². The van der Waals surface area contributed by atoms with E-state index in [1.165, 1.54) is 12.1 Å². The number of hydrogen-bond acceptors (Lipinski definition) is 4. The Morgan fingerprint density at radius 3 is 2.71 bits per heavy atom. The van der Waals surface area contributed by atoms with Crippen LogP contribution in [0.3, 0.4) is 0 Å². The lowest BCUT2D eigenvalue weighted by Gasteiger charge is -2.12. The zero-order valence-corrected chi connectivity index (χ0v) is 13.2. The zero-order chi connectivity index (χ0) is 15.4. The van der Waals surface area contributed by atoms with Crippen LogP contribution in [0, 0.1) is 10.1 Å². The molecular formula is C14H12BrClN2O3. The van der Waals surface area contributed by atoms with Crippen LogP contribution in [0.2, 0.25) is 5.02 Å². The van der Waals surface area contributed by atoms with Gasteiger partial charge in [-0.3, -0.25) is 10.1 Å². The summed E-state index contributed by atoms with van der Waals surface area (Å²) in [7, 11) is 0. The van der Waals surface area contributed by atoms with Crippen LogP contribution in [0.15, 0.2) is 40.9 Å². The SMILES string of the molecule is NCc1c(Cl)cccc1OCc1ccc([N+](=O)[O-])cc1Br. The lowest BCUT2D eigenvalue weighted by atomic mass is 10.2. The zero-order valence-electron chi connectivity index (χ0n) is 10.9. The van der Waals surface area contributed by atoms with Crippen LogP contribution in [0.5, 0.6) is 5.75 Å². The van der Waals surface area contributed by atoms with E-state index >= 15 is 0 Å². The molecule has 7 heteroatoms. The number of non-ortho nitro benzene ring substituents is 1. The lowest BCUT2D eigenvalue weighted by molar-refractivity contribution is -0.384. The van der Waals surface area contributed by atoms with Crippen LogP contribution >= 0.6 is 27.5 Å². The predicted octanol–water partition coefficient (Wildman–Crippen LogP) is 4.05. The van der Waals surface area contributed by atoms with Gasteiger partial charge in [-0.05, 0) is 18.2 Å². The summed E-state index contributed by atoms with van der Waals surface area (Å²) < 4.78 is 6.33. The Bertz CT molecular complexity index is 679. The molecule has 2 rings (SSSR count). The summed E-state index contributed by atoms with van der Waals surface area (Å²) in [5.41, 5.74) is 7.21. The van der Waals surface area contributed by atoms with Gasteiger partial charge in [0.2, 0.25) is 0 Å². The first-order valence-corrected chi connectivity index (χ1v) is 7.23. The first kappa shape index (κ1) is 15.8. The van der Waals surface area contributed by atoms with Crippen molar-refractivity contribution < 1.29 is 9.66 Å². The maximum atomic E-state index is 10.7. The number of nitrogens with zero attached hydrogens (tertiary/aromatic N) is 1. The third kappa shape index (κ3) is 3.72. The topological polar surface area (TPSA) is 78.4 Å². The summed E-state index contributed by atoms with van der Waals surface area (Å²) in [6.45, 7) is 0.530. The average molecular weight is 372 g/mol. The van der Waals surface area contributed by atoms with Gasteiger partial charge >= 0.3 is 0 Å². The van der Waals surface area contributed by atoms with Crippen molar-refractivity contribution >= 4 is 33.2 Å². The molecule has 2 aromatic carbocycles. The first-order valence-electron chi connectivity index (χ1n) is 6.06. The minimum atomic E-state index is -0.446. The number of halogens is 2. The van der Waals surface area contributed by atoms with Gasteiger partial charge in [0.25, 0.3) is 5.69 Å². The van der Waals surface area contributed by atoms with Crippen LogP contribution in [-0.2, 0) is 13.2 Å². The molecule has 2 aromatic rings. The highest BCUT2D eigenvalue weighted by Crippen LogP contribution is 2.28. The average Bonchev–Trinajstić information content (AvgIpc) is 2.45. The largest absolute Gasteiger partial charge is 0.488 e. The Balaban J connectivity index is 2.17. The van der Waals surface area contributed by atoms with Crippen molar-refractivity contribution in [1.82, 2.24) is 0 Å². The molecule has 2 N–H and O–H groups in total. The molecule has 0 heterocycles. The number of nitro benzene ring substituents is 1. The van der Waals surface area contributed by atoms with Crippen molar-refractivity contribution in [2.75, 3.05) is 0 Å². The van der Waals surface area contributed by atoms with Gasteiger partial charge in [0, 0.05) is 39.3 Å². The molecule has 0 saturated carbocycles. The molecule has 0 radical (unpaired) electrons. The minimum absolute atomic E-state index is 0.0241. The fourth-order valence-electron chi connectivity index (χ4n) is 1.79. The Morgan fingerprint density at radius 1 is 1.33 bits per heavy atom. The van der Waals surface area contributed by atoms with Gasteiger partial charge in [-0.15, -0.1) is 0 Å². The smallest absolute Gasteiger partial charge is 0.270 e. The molecule has 0 atom stereocenters. The fraction of sp³-hybridized carbons (Fsp3) is 0.143. The quantitative estimate of drug-likeness (QED) is 0.635. The van der Waals surface area contributed by atoms with Gasteiger partial charge in [0.15, 0.2) is 0 Å². The molecule has 0 aliphatic carbocycles. The predicted molar refractivity (Wildman–Crippen MR) is 84.5 cm³/mol. The maximum absolute atomic E-state index is 10.7. The van der Waals surface area contributed by atoms with Gasteiger partial charge in [-0.25, -0.2) is 0 Å². The molecule has 0 unspecified atom stereocenters. The van der Waals surface area contributed by atoms with E-state index in [2.05, 4.69) is 15.9 Å². The van der Waals surface area contributed by atoms with Crippen molar-refractivity contribution in [2.45, 2.75) is 13.2 Å². The number of nitrogens with two attached hydrogens (primary N) is 1. The van der Waals surface area contributed by atoms with Crippen LogP contribution in [0.1, 0.15) is 11.1 Å². The number of benzene rings is 2. The normalized spacial score (nSPS) is 10.4. The summed E-state index contributed by atoms with van der Waals surface area (Å²) in [4.78, 5) is 10.2. The fourth-order valence-corrected chi connectivity index (χ4v) is 2.52. The van der Waals surface area contributed by atoms with E-state index in [4.69, 9.17) is 22.1 Å². The van der Waals surface area contributed by atoms with Gasteiger partial charge < -0.3 is 10.5 Å².